The molecule has 2 N–H and O–H groups in total. The number of thiazole rings is 1. The predicted octanol–water partition coefficient (Wildman–Crippen LogP) is 1.65. The van der Waals surface area contributed by atoms with Gasteiger partial charge in [-0.15, -0.1) is 36.2 Å². The van der Waals surface area contributed by atoms with E-state index >= 15 is 0 Å². The van der Waals surface area contributed by atoms with Gasteiger partial charge in [-0.25, -0.2) is 4.98 Å². The van der Waals surface area contributed by atoms with Gasteiger partial charge in [0.15, 0.2) is 0 Å². The number of rotatable bonds is 6. The smallest absolute Gasteiger partial charge is 0.241 e. The van der Waals surface area contributed by atoms with E-state index < -0.39 is 0 Å². The van der Waals surface area contributed by atoms with E-state index in [0.29, 0.717) is 6.54 Å². The summed E-state index contributed by atoms with van der Waals surface area (Å²) in [6.45, 7) is 2.56. The van der Waals surface area contributed by atoms with Crippen LogP contribution in [-0.4, -0.2) is 34.3 Å². The lowest BCUT2D eigenvalue weighted by Crippen LogP contribution is -2.36. The van der Waals surface area contributed by atoms with Crippen LogP contribution >= 0.6 is 36.2 Å². The minimum absolute atomic E-state index is 0. The van der Waals surface area contributed by atoms with Crippen LogP contribution in [-0.2, 0) is 18.3 Å². The predicted molar refractivity (Wildman–Crippen MR) is 93.1 cm³/mol. The fourth-order valence-corrected chi connectivity index (χ4v) is 2.62. The molecule has 9 heteroatoms. The van der Waals surface area contributed by atoms with Crippen LogP contribution in [0.3, 0.4) is 0 Å². The second-order valence-corrected chi connectivity index (χ2v) is 5.63. The van der Waals surface area contributed by atoms with Gasteiger partial charge in [0.25, 0.3) is 0 Å². The van der Waals surface area contributed by atoms with Crippen molar-refractivity contribution in [2.75, 3.05) is 13.6 Å². The van der Waals surface area contributed by atoms with Gasteiger partial charge in [-0.05, 0) is 14.0 Å². The highest BCUT2D eigenvalue weighted by Gasteiger charge is 2.19. The quantitative estimate of drug-likeness (QED) is 0.816. The van der Waals surface area contributed by atoms with Crippen molar-refractivity contribution in [2.45, 2.75) is 19.4 Å². The van der Waals surface area contributed by atoms with Gasteiger partial charge in [-0.2, -0.15) is 5.10 Å². The zero-order valence-corrected chi connectivity index (χ0v) is 15.1. The van der Waals surface area contributed by atoms with Crippen LogP contribution in [0.5, 0.6) is 0 Å². The standard InChI is InChI=1S/C13H19N5OS.2ClH/c1-9-17-11(8-20-9)4-5-15-13(19)12(14-2)10-6-16-18(3)7-10;;/h6-8,12,14H,4-5H2,1-3H3,(H,15,19);2*1H. The Bertz CT molecular complexity index is 587. The first kappa shape index (κ1) is 20.9. The molecule has 22 heavy (non-hydrogen) atoms. The summed E-state index contributed by atoms with van der Waals surface area (Å²) in [4.78, 5) is 16.5. The number of carbonyl (C=O) groups is 1. The molecule has 0 fully saturated rings. The van der Waals surface area contributed by atoms with Crippen LogP contribution in [0.15, 0.2) is 17.8 Å². The zero-order chi connectivity index (χ0) is 14.5. The molecule has 6 nitrogen and oxygen atoms in total. The van der Waals surface area contributed by atoms with Crippen molar-refractivity contribution in [3.05, 3.63) is 34.0 Å². The average molecular weight is 366 g/mol. The Hall–Kier alpha value is -1.15. The molecule has 2 heterocycles. The van der Waals surface area contributed by atoms with Crippen molar-refractivity contribution in [2.24, 2.45) is 7.05 Å². The maximum absolute atomic E-state index is 12.2. The van der Waals surface area contributed by atoms with E-state index in [0.717, 1.165) is 22.7 Å². The third kappa shape index (κ3) is 5.57. The first-order valence-corrected chi connectivity index (χ1v) is 7.32. The third-order valence-electron chi connectivity index (χ3n) is 2.96. The van der Waals surface area contributed by atoms with Crippen molar-refractivity contribution in [3.63, 3.8) is 0 Å². The Morgan fingerprint density at radius 1 is 1.45 bits per heavy atom. The van der Waals surface area contributed by atoms with E-state index in [1.165, 1.54) is 0 Å². The number of aromatic nitrogens is 3. The number of carbonyl (C=O) groups excluding carboxylic acids is 1. The van der Waals surface area contributed by atoms with Crippen molar-refractivity contribution in [1.29, 1.82) is 0 Å². The Labute approximate surface area is 146 Å². The molecule has 0 aliphatic carbocycles. The van der Waals surface area contributed by atoms with Gasteiger partial charge in [0.2, 0.25) is 5.91 Å². The molecule has 2 aromatic rings. The molecule has 124 valence electrons. The Balaban J connectivity index is 0.00000220. The molecule has 0 spiro atoms. The third-order valence-corrected chi connectivity index (χ3v) is 3.78. The fourth-order valence-electron chi connectivity index (χ4n) is 1.98. The van der Waals surface area contributed by atoms with E-state index in [9.17, 15) is 4.79 Å². The van der Waals surface area contributed by atoms with Gasteiger partial charge in [0, 0.05) is 37.2 Å². The van der Waals surface area contributed by atoms with Gasteiger partial charge in [0.1, 0.15) is 6.04 Å². The molecule has 0 aliphatic rings. The monoisotopic (exact) mass is 365 g/mol. The summed E-state index contributed by atoms with van der Waals surface area (Å²) in [5, 5.41) is 13.1. The maximum Gasteiger partial charge on any atom is 0.241 e. The van der Waals surface area contributed by atoms with E-state index in [-0.39, 0.29) is 36.8 Å². The SMILES string of the molecule is CNC(C(=O)NCCc1csc(C)n1)c1cnn(C)c1.Cl.Cl. The summed E-state index contributed by atoms with van der Waals surface area (Å²) >= 11 is 1.63. The highest BCUT2D eigenvalue weighted by atomic mass is 35.5. The molecule has 0 saturated carbocycles. The van der Waals surface area contributed by atoms with Gasteiger partial charge in [0.05, 0.1) is 16.9 Å². The zero-order valence-electron chi connectivity index (χ0n) is 12.7. The molecule has 1 amide bonds. The van der Waals surface area contributed by atoms with Crippen LogP contribution in [0.25, 0.3) is 0 Å². The Morgan fingerprint density at radius 3 is 2.68 bits per heavy atom. The minimum atomic E-state index is -0.374. The molecular formula is C13H21Cl2N5OS. The average Bonchev–Trinajstić information content (AvgIpc) is 3.00. The second kappa shape index (κ2) is 9.78. The summed E-state index contributed by atoms with van der Waals surface area (Å²) < 4.78 is 1.69. The topological polar surface area (TPSA) is 71.8 Å². The first-order valence-electron chi connectivity index (χ1n) is 6.44. The summed E-state index contributed by atoms with van der Waals surface area (Å²) in [5.41, 5.74) is 1.88. The number of aryl methyl sites for hydroxylation is 2. The normalized spacial score (nSPS) is 11.2. The minimum Gasteiger partial charge on any atom is -0.354 e. The molecule has 0 radical (unpaired) electrons. The van der Waals surface area contributed by atoms with Crippen LogP contribution < -0.4 is 10.6 Å². The lowest BCUT2D eigenvalue weighted by atomic mass is 10.1. The Kier molecular flexibility index (Phi) is 9.27. The molecule has 1 atom stereocenters. The molecule has 0 bridgehead atoms. The molecule has 0 aliphatic heterocycles. The van der Waals surface area contributed by atoms with Gasteiger partial charge < -0.3 is 10.6 Å². The van der Waals surface area contributed by atoms with Crippen LogP contribution in [0.2, 0.25) is 0 Å². The fraction of sp³-hybridized carbons (Fsp3) is 0.462. The van der Waals surface area contributed by atoms with Gasteiger partial charge in [-0.3, -0.25) is 9.48 Å². The van der Waals surface area contributed by atoms with Crippen LogP contribution in [0, 0.1) is 6.92 Å². The van der Waals surface area contributed by atoms with Crippen LogP contribution in [0.1, 0.15) is 22.3 Å². The van der Waals surface area contributed by atoms with Crippen molar-refractivity contribution >= 4 is 42.1 Å². The number of likely N-dealkylation sites (N-methyl/N-ethyl adjacent to an activating group) is 1. The molecule has 2 aromatic heterocycles. The number of amides is 1. The summed E-state index contributed by atoms with van der Waals surface area (Å²) in [5.74, 6) is -0.0487. The van der Waals surface area contributed by atoms with Crippen LogP contribution in [0.4, 0.5) is 0 Å². The number of nitrogens with one attached hydrogen (secondary N) is 2. The lowest BCUT2D eigenvalue weighted by molar-refractivity contribution is -0.123. The largest absolute Gasteiger partial charge is 0.354 e. The molecule has 0 aromatic carbocycles. The number of nitrogens with zero attached hydrogens (tertiary/aromatic N) is 3. The number of hydrogen-bond donors (Lipinski definition) is 2. The maximum atomic E-state index is 12.2. The number of halogens is 2. The second-order valence-electron chi connectivity index (χ2n) is 4.57. The van der Waals surface area contributed by atoms with Gasteiger partial charge in [-0.1, -0.05) is 0 Å². The van der Waals surface area contributed by atoms with Crippen molar-refractivity contribution in [1.82, 2.24) is 25.4 Å². The van der Waals surface area contributed by atoms with E-state index in [1.54, 1.807) is 29.3 Å². The first-order chi connectivity index (χ1) is 9.60. The molecular weight excluding hydrogens is 345 g/mol. The summed E-state index contributed by atoms with van der Waals surface area (Å²) in [6.07, 6.45) is 4.29. The summed E-state index contributed by atoms with van der Waals surface area (Å²) in [6, 6.07) is -0.374. The van der Waals surface area contributed by atoms with E-state index in [4.69, 9.17) is 0 Å². The highest BCUT2D eigenvalue weighted by Crippen LogP contribution is 2.11. The van der Waals surface area contributed by atoms with E-state index in [2.05, 4.69) is 20.7 Å². The molecule has 0 saturated heterocycles. The number of hydrogen-bond acceptors (Lipinski definition) is 5. The lowest BCUT2D eigenvalue weighted by Gasteiger charge is -2.14. The van der Waals surface area contributed by atoms with E-state index in [1.807, 2.05) is 25.5 Å². The van der Waals surface area contributed by atoms with Crippen molar-refractivity contribution in [3.8, 4) is 0 Å². The van der Waals surface area contributed by atoms with Gasteiger partial charge >= 0.3 is 0 Å². The molecule has 1 unspecified atom stereocenters. The highest BCUT2D eigenvalue weighted by molar-refractivity contribution is 7.09. The van der Waals surface area contributed by atoms with Crippen molar-refractivity contribution < 1.29 is 4.79 Å². The summed E-state index contributed by atoms with van der Waals surface area (Å²) in [7, 11) is 3.60. The molecule has 2 rings (SSSR count). The Morgan fingerprint density at radius 2 is 2.18 bits per heavy atom.